The molecule has 4 rings (SSSR count). The number of amides is 2. The van der Waals surface area contributed by atoms with E-state index in [0.717, 1.165) is 0 Å². The fourth-order valence-electron chi connectivity index (χ4n) is 3.44. The molecular formula is C21H22N4O4. The van der Waals surface area contributed by atoms with Gasteiger partial charge in [-0.1, -0.05) is 30.3 Å². The highest BCUT2D eigenvalue weighted by Gasteiger charge is 2.36. The molecule has 2 atom stereocenters. The summed E-state index contributed by atoms with van der Waals surface area (Å²) in [5.74, 6) is 0.563. The van der Waals surface area contributed by atoms with Crippen molar-refractivity contribution in [1.29, 1.82) is 0 Å². The zero-order valence-corrected chi connectivity index (χ0v) is 16.0. The summed E-state index contributed by atoms with van der Waals surface area (Å²) in [5.41, 5.74) is 6.54. The molecule has 0 saturated carbocycles. The summed E-state index contributed by atoms with van der Waals surface area (Å²) < 4.78 is 11.6. The summed E-state index contributed by atoms with van der Waals surface area (Å²) in [7, 11) is 1.68. The van der Waals surface area contributed by atoms with Gasteiger partial charge in [0, 0.05) is 13.5 Å². The molecule has 0 aliphatic carbocycles. The molecule has 0 radical (unpaired) electrons. The number of ether oxygens (including phenoxy) is 2. The Labute approximate surface area is 168 Å². The van der Waals surface area contributed by atoms with E-state index in [4.69, 9.17) is 15.2 Å². The molecule has 0 spiro atoms. The molecule has 2 amide bonds. The average molecular weight is 394 g/mol. The summed E-state index contributed by atoms with van der Waals surface area (Å²) in [6.45, 7) is 0.680. The number of likely N-dealkylation sites (N-methyl/N-ethyl adjacent to an activating group) is 1. The molecule has 2 heterocycles. The quantitative estimate of drug-likeness (QED) is 0.827. The van der Waals surface area contributed by atoms with Crippen LogP contribution < -0.4 is 20.2 Å². The molecule has 0 bridgehead atoms. The molecule has 0 unspecified atom stereocenters. The van der Waals surface area contributed by atoms with Crippen molar-refractivity contribution >= 4 is 23.2 Å². The minimum absolute atomic E-state index is 0.165. The van der Waals surface area contributed by atoms with Gasteiger partial charge < -0.3 is 20.1 Å². The van der Waals surface area contributed by atoms with Crippen molar-refractivity contribution in [3.63, 3.8) is 0 Å². The fraction of sp³-hybridized carbons (Fsp3) is 0.286. The third-order valence-corrected chi connectivity index (χ3v) is 4.90. The van der Waals surface area contributed by atoms with Gasteiger partial charge in [0.25, 0.3) is 5.91 Å². The molecule has 2 aliphatic heterocycles. The van der Waals surface area contributed by atoms with Gasteiger partial charge in [0.05, 0.1) is 12.2 Å². The summed E-state index contributed by atoms with van der Waals surface area (Å²) >= 11 is 0. The molecule has 2 aromatic rings. The van der Waals surface area contributed by atoms with Crippen LogP contribution in [0.2, 0.25) is 0 Å². The van der Waals surface area contributed by atoms with E-state index in [1.807, 2.05) is 54.6 Å². The van der Waals surface area contributed by atoms with Gasteiger partial charge in [-0.15, -0.1) is 0 Å². The topological polar surface area (TPSA) is 97.5 Å². The Morgan fingerprint density at radius 2 is 1.83 bits per heavy atom. The second-order valence-corrected chi connectivity index (χ2v) is 7.03. The molecule has 8 nitrogen and oxygen atoms in total. The van der Waals surface area contributed by atoms with E-state index in [-0.39, 0.29) is 24.1 Å². The number of carbonyl (C=O) groups is 2. The predicted molar refractivity (Wildman–Crippen MR) is 108 cm³/mol. The van der Waals surface area contributed by atoms with Gasteiger partial charge in [-0.2, -0.15) is 5.10 Å². The van der Waals surface area contributed by atoms with E-state index in [2.05, 4.69) is 5.10 Å². The molecule has 2 N–H and O–H groups in total. The third kappa shape index (κ3) is 3.87. The van der Waals surface area contributed by atoms with Crippen LogP contribution in [0.4, 0.5) is 5.69 Å². The number of para-hydroxylation sites is 3. The van der Waals surface area contributed by atoms with Crippen LogP contribution in [-0.4, -0.2) is 54.8 Å². The number of hydrazone groups is 1. The third-order valence-electron chi connectivity index (χ3n) is 4.90. The Hall–Kier alpha value is -3.55. The van der Waals surface area contributed by atoms with E-state index >= 15 is 0 Å². The Bertz CT molecular complexity index is 947. The second-order valence-electron chi connectivity index (χ2n) is 7.03. The fourth-order valence-corrected chi connectivity index (χ4v) is 3.44. The van der Waals surface area contributed by atoms with Crippen molar-refractivity contribution in [2.45, 2.75) is 18.6 Å². The minimum Gasteiger partial charge on any atom is -0.486 e. The first-order valence-corrected chi connectivity index (χ1v) is 9.38. The van der Waals surface area contributed by atoms with Crippen LogP contribution in [0.1, 0.15) is 6.42 Å². The second kappa shape index (κ2) is 7.83. The first kappa shape index (κ1) is 18.8. The van der Waals surface area contributed by atoms with Gasteiger partial charge in [-0.05, 0) is 24.3 Å². The van der Waals surface area contributed by atoms with Crippen molar-refractivity contribution in [2.24, 2.45) is 10.8 Å². The highest BCUT2D eigenvalue weighted by molar-refractivity contribution is 6.40. The lowest BCUT2D eigenvalue weighted by atomic mass is 10.1. The summed E-state index contributed by atoms with van der Waals surface area (Å²) in [5, 5.41) is 5.91. The van der Waals surface area contributed by atoms with Gasteiger partial charge in [0.2, 0.25) is 5.91 Å². The van der Waals surface area contributed by atoms with Gasteiger partial charge in [-0.25, -0.2) is 0 Å². The van der Waals surface area contributed by atoms with Gasteiger partial charge in [0.1, 0.15) is 18.4 Å². The molecular weight excluding hydrogens is 372 g/mol. The zero-order valence-electron chi connectivity index (χ0n) is 16.0. The lowest BCUT2D eigenvalue weighted by molar-refractivity contribution is -0.124. The van der Waals surface area contributed by atoms with E-state index in [1.54, 1.807) is 7.05 Å². The number of fused-ring (bicyclic) bond motifs is 1. The molecule has 150 valence electrons. The average Bonchev–Trinajstić information content (AvgIpc) is 3.19. The molecule has 8 heteroatoms. The van der Waals surface area contributed by atoms with Crippen LogP contribution in [0, 0.1) is 0 Å². The van der Waals surface area contributed by atoms with E-state index in [9.17, 15) is 9.59 Å². The van der Waals surface area contributed by atoms with Gasteiger partial charge >= 0.3 is 0 Å². The molecule has 2 aromatic carbocycles. The first-order chi connectivity index (χ1) is 14.0. The lowest BCUT2D eigenvalue weighted by Crippen LogP contribution is -2.44. The molecule has 0 saturated heterocycles. The van der Waals surface area contributed by atoms with E-state index in [1.165, 1.54) is 9.91 Å². The number of nitrogens with zero attached hydrogens (tertiary/aromatic N) is 3. The smallest absolute Gasteiger partial charge is 0.270 e. The maximum absolute atomic E-state index is 12.9. The molecule has 29 heavy (non-hydrogen) atoms. The Morgan fingerprint density at radius 1 is 1.14 bits per heavy atom. The number of hydrogen-bond donors (Lipinski definition) is 1. The number of carbonyl (C=O) groups excluding carboxylic acids is 2. The largest absolute Gasteiger partial charge is 0.486 e. The van der Waals surface area contributed by atoms with Crippen molar-refractivity contribution in [2.75, 3.05) is 25.2 Å². The molecule has 2 aliphatic rings. The van der Waals surface area contributed by atoms with Gasteiger partial charge in [0.15, 0.2) is 17.6 Å². The van der Waals surface area contributed by atoms with Crippen LogP contribution in [-0.2, 0) is 9.59 Å². The standard InChI is InChI=1S/C21H22N4O4/c1-24(12-15-13-28-18-9-5-6-10-19(18)29-15)21(27)16-11-17(20(22)26)25(23-16)14-7-3-2-4-8-14/h2-10,15,17H,11-13H2,1H3,(H2,22,26)/t15-,17+/m1/s1. The maximum Gasteiger partial charge on any atom is 0.270 e. The number of benzene rings is 2. The summed E-state index contributed by atoms with van der Waals surface area (Å²) in [6.07, 6.45) is -0.129. The number of anilines is 1. The Morgan fingerprint density at radius 3 is 2.55 bits per heavy atom. The zero-order chi connectivity index (χ0) is 20.4. The van der Waals surface area contributed by atoms with Crippen molar-refractivity contribution < 1.29 is 19.1 Å². The monoisotopic (exact) mass is 394 g/mol. The Balaban J connectivity index is 1.45. The maximum atomic E-state index is 12.9. The normalized spacial score (nSPS) is 20.2. The van der Waals surface area contributed by atoms with Crippen LogP contribution >= 0.6 is 0 Å². The number of rotatable bonds is 5. The Kier molecular flexibility index (Phi) is 5.07. The number of hydrogen-bond acceptors (Lipinski definition) is 6. The van der Waals surface area contributed by atoms with Crippen LogP contribution in [0.15, 0.2) is 59.7 Å². The molecule has 0 aromatic heterocycles. The van der Waals surface area contributed by atoms with Crippen LogP contribution in [0.3, 0.4) is 0 Å². The minimum atomic E-state index is -0.689. The highest BCUT2D eigenvalue weighted by Crippen LogP contribution is 2.31. The highest BCUT2D eigenvalue weighted by atomic mass is 16.6. The SMILES string of the molecule is CN(C[C@@H]1COc2ccccc2O1)C(=O)C1=NN(c2ccccc2)[C@H](C(N)=O)C1. The molecule has 0 fully saturated rings. The summed E-state index contributed by atoms with van der Waals surface area (Å²) in [6, 6.07) is 15.9. The summed E-state index contributed by atoms with van der Waals surface area (Å²) in [4.78, 5) is 26.4. The van der Waals surface area contributed by atoms with E-state index < -0.39 is 11.9 Å². The first-order valence-electron chi connectivity index (χ1n) is 9.38. The van der Waals surface area contributed by atoms with Crippen LogP contribution in [0.5, 0.6) is 11.5 Å². The lowest BCUT2D eigenvalue weighted by Gasteiger charge is -2.29. The van der Waals surface area contributed by atoms with Crippen molar-refractivity contribution in [1.82, 2.24) is 4.90 Å². The van der Waals surface area contributed by atoms with Gasteiger partial charge in [-0.3, -0.25) is 14.6 Å². The van der Waals surface area contributed by atoms with E-state index in [0.29, 0.717) is 30.3 Å². The number of nitrogens with two attached hydrogens (primary N) is 1. The number of primary amides is 1. The predicted octanol–water partition coefficient (Wildman–Crippen LogP) is 1.40. The van der Waals surface area contributed by atoms with Crippen molar-refractivity contribution in [3.05, 3.63) is 54.6 Å². The van der Waals surface area contributed by atoms with Crippen molar-refractivity contribution in [3.8, 4) is 11.5 Å². The van der Waals surface area contributed by atoms with Crippen LogP contribution in [0.25, 0.3) is 0 Å².